The van der Waals surface area contributed by atoms with E-state index in [1.807, 2.05) is 25.1 Å². The maximum atomic E-state index is 6.30. The number of hydrogen-bond donors (Lipinski definition) is 2. The summed E-state index contributed by atoms with van der Waals surface area (Å²) in [5.41, 5.74) is 7.07. The van der Waals surface area contributed by atoms with Crippen molar-refractivity contribution in [3.8, 4) is 11.5 Å². The predicted octanol–water partition coefficient (Wildman–Crippen LogP) is 2.56. The summed E-state index contributed by atoms with van der Waals surface area (Å²) in [4.78, 5) is 4.51. The molecule has 1 atom stereocenters. The number of nitrogens with zero attached hydrogens (tertiary/aromatic N) is 2. The Balaban J connectivity index is 2.31. The molecule has 1 aromatic heterocycles. The van der Waals surface area contributed by atoms with Crippen LogP contribution in [-0.4, -0.2) is 28.9 Å². The molecule has 0 aliphatic heterocycles. The first-order valence-electron chi connectivity index (χ1n) is 7.36. The molecule has 0 aliphatic carbocycles. The van der Waals surface area contributed by atoms with Gasteiger partial charge in [0.1, 0.15) is 5.82 Å². The quantitative estimate of drug-likeness (QED) is 0.886. The van der Waals surface area contributed by atoms with E-state index in [-0.39, 0.29) is 5.41 Å². The topological polar surface area (TPSA) is 86.0 Å². The summed E-state index contributed by atoms with van der Waals surface area (Å²) in [5.74, 6) is 2.74. The Bertz CT molecular complexity index is 631. The Morgan fingerprint density at radius 3 is 2.55 bits per heavy atom. The molecule has 1 heterocycles. The molecule has 0 radical (unpaired) electrons. The van der Waals surface area contributed by atoms with Crippen LogP contribution in [-0.2, 0) is 5.41 Å². The predicted molar refractivity (Wildman–Crippen MR) is 85.3 cm³/mol. The highest BCUT2D eigenvalue weighted by atomic mass is 16.5. The zero-order chi connectivity index (χ0) is 16.3. The summed E-state index contributed by atoms with van der Waals surface area (Å²) in [6.45, 7) is 8.67. The Labute approximate surface area is 131 Å². The van der Waals surface area contributed by atoms with Gasteiger partial charge in [-0.2, -0.15) is 5.10 Å². The molecule has 0 saturated heterocycles. The Morgan fingerprint density at radius 2 is 2.00 bits per heavy atom. The van der Waals surface area contributed by atoms with Gasteiger partial charge in [0.05, 0.1) is 19.8 Å². The first kappa shape index (κ1) is 16.3. The lowest BCUT2D eigenvalue weighted by molar-refractivity contribution is 0.310. The normalized spacial score (nSPS) is 13.0. The number of ether oxygens (including phenoxy) is 2. The monoisotopic (exact) mass is 304 g/mol. The highest BCUT2D eigenvalue weighted by molar-refractivity contribution is 5.44. The third-order valence-electron chi connectivity index (χ3n) is 3.31. The first-order chi connectivity index (χ1) is 10.4. The lowest BCUT2D eigenvalue weighted by atomic mass is 9.96. The number of nitrogens with two attached hydrogens (primary N) is 1. The van der Waals surface area contributed by atoms with E-state index < -0.39 is 6.04 Å². The minimum absolute atomic E-state index is 0.120. The van der Waals surface area contributed by atoms with Crippen LogP contribution in [0.4, 0.5) is 0 Å². The van der Waals surface area contributed by atoms with Crippen LogP contribution in [0.2, 0.25) is 0 Å². The fourth-order valence-electron chi connectivity index (χ4n) is 2.06. The highest BCUT2D eigenvalue weighted by Gasteiger charge is 2.22. The van der Waals surface area contributed by atoms with Crippen LogP contribution in [0.1, 0.15) is 50.9 Å². The maximum Gasteiger partial charge on any atom is 0.161 e. The number of benzene rings is 1. The molecule has 0 bridgehead atoms. The SMILES string of the molecule is CCOc1cc(C(N)c2nc(C(C)(C)C)n[nH]2)ccc1OC. The molecule has 1 unspecified atom stereocenters. The number of H-pyrrole nitrogens is 1. The third kappa shape index (κ3) is 3.39. The molecule has 0 fully saturated rings. The van der Waals surface area contributed by atoms with Gasteiger partial charge in [0, 0.05) is 5.41 Å². The van der Waals surface area contributed by atoms with Crippen LogP contribution in [0.3, 0.4) is 0 Å². The third-order valence-corrected chi connectivity index (χ3v) is 3.31. The van der Waals surface area contributed by atoms with E-state index >= 15 is 0 Å². The lowest BCUT2D eigenvalue weighted by Crippen LogP contribution is -2.16. The number of aromatic nitrogens is 3. The molecular formula is C16H24N4O2. The van der Waals surface area contributed by atoms with E-state index in [1.165, 1.54) is 0 Å². The zero-order valence-corrected chi connectivity index (χ0v) is 13.8. The zero-order valence-electron chi connectivity index (χ0n) is 13.8. The van der Waals surface area contributed by atoms with Gasteiger partial charge < -0.3 is 15.2 Å². The van der Waals surface area contributed by atoms with Gasteiger partial charge in [-0.3, -0.25) is 5.10 Å². The molecular weight excluding hydrogens is 280 g/mol. The van der Waals surface area contributed by atoms with E-state index in [9.17, 15) is 0 Å². The van der Waals surface area contributed by atoms with Crippen molar-refractivity contribution in [2.24, 2.45) is 5.73 Å². The van der Waals surface area contributed by atoms with Crippen molar-refractivity contribution in [3.05, 3.63) is 35.4 Å². The molecule has 0 spiro atoms. The second-order valence-corrected chi connectivity index (χ2v) is 6.12. The molecule has 2 aromatic rings. The fourth-order valence-corrected chi connectivity index (χ4v) is 2.06. The maximum absolute atomic E-state index is 6.30. The van der Waals surface area contributed by atoms with Gasteiger partial charge in [-0.05, 0) is 24.6 Å². The van der Waals surface area contributed by atoms with Gasteiger partial charge in [-0.15, -0.1) is 0 Å². The van der Waals surface area contributed by atoms with Crippen LogP contribution >= 0.6 is 0 Å². The van der Waals surface area contributed by atoms with Crippen molar-refractivity contribution in [1.82, 2.24) is 15.2 Å². The Morgan fingerprint density at radius 1 is 1.27 bits per heavy atom. The van der Waals surface area contributed by atoms with Crippen molar-refractivity contribution < 1.29 is 9.47 Å². The van der Waals surface area contributed by atoms with Gasteiger partial charge in [-0.1, -0.05) is 26.8 Å². The number of nitrogens with one attached hydrogen (secondary N) is 1. The van der Waals surface area contributed by atoms with Crippen molar-refractivity contribution in [3.63, 3.8) is 0 Å². The van der Waals surface area contributed by atoms with E-state index in [1.54, 1.807) is 7.11 Å². The fraction of sp³-hybridized carbons (Fsp3) is 0.500. The molecule has 6 heteroatoms. The van der Waals surface area contributed by atoms with Gasteiger partial charge in [0.15, 0.2) is 17.3 Å². The van der Waals surface area contributed by atoms with Crippen LogP contribution in [0.5, 0.6) is 11.5 Å². The number of aromatic amines is 1. The second kappa shape index (κ2) is 6.36. The van der Waals surface area contributed by atoms with Gasteiger partial charge in [0.25, 0.3) is 0 Å². The van der Waals surface area contributed by atoms with Crippen molar-refractivity contribution in [2.45, 2.75) is 39.2 Å². The Hall–Kier alpha value is -2.08. The number of methoxy groups -OCH3 is 1. The van der Waals surface area contributed by atoms with Gasteiger partial charge in [-0.25, -0.2) is 4.98 Å². The molecule has 0 aliphatic rings. The van der Waals surface area contributed by atoms with Crippen LogP contribution in [0, 0.1) is 0 Å². The molecule has 120 valence electrons. The molecule has 22 heavy (non-hydrogen) atoms. The number of rotatable bonds is 5. The molecule has 3 N–H and O–H groups in total. The molecule has 2 rings (SSSR count). The second-order valence-electron chi connectivity index (χ2n) is 6.12. The highest BCUT2D eigenvalue weighted by Crippen LogP contribution is 2.31. The van der Waals surface area contributed by atoms with Crippen molar-refractivity contribution in [1.29, 1.82) is 0 Å². The van der Waals surface area contributed by atoms with Crippen LogP contribution < -0.4 is 15.2 Å². The first-order valence-corrected chi connectivity index (χ1v) is 7.36. The minimum atomic E-state index is -0.395. The van der Waals surface area contributed by atoms with Crippen molar-refractivity contribution >= 4 is 0 Å². The number of hydrogen-bond acceptors (Lipinski definition) is 5. The summed E-state index contributed by atoms with van der Waals surface area (Å²) in [6.07, 6.45) is 0. The molecule has 0 amide bonds. The smallest absolute Gasteiger partial charge is 0.161 e. The summed E-state index contributed by atoms with van der Waals surface area (Å²) in [5, 5.41) is 7.19. The standard InChI is InChI=1S/C16H24N4O2/c1-6-22-12-9-10(7-8-11(12)21-5)13(17)14-18-15(20-19-14)16(2,3)4/h7-9,13H,6,17H2,1-5H3,(H,18,19,20). The average Bonchev–Trinajstić information content (AvgIpc) is 2.96. The Kier molecular flexibility index (Phi) is 4.71. The molecule has 1 aromatic carbocycles. The van der Waals surface area contributed by atoms with E-state index in [0.29, 0.717) is 23.9 Å². The largest absolute Gasteiger partial charge is 0.493 e. The van der Waals surface area contributed by atoms with E-state index in [0.717, 1.165) is 11.4 Å². The summed E-state index contributed by atoms with van der Waals surface area (Å²) in [6, 6.07) is 5.24. The summed E-state index contributed by atoms with van der Waals surface area (Å²) in [7, 11) is 1.61. The lowest BCUT2D eigenvalue weighted by Gasteiger charge is -2.14. The van der Waals surface area contributed by atoms with E-state index in [4.69, 9.17) is 15.2 Å². The van der Waals surface area contributed by atoms with Gasteiger partial charge >= 0.3 is 0 Å². The minimum Gasteiger partial charge on any atom is -0.493 e. The average molecular weight is 304 g/mol. The van der Waals surface area contributed by atoms with E-state index in [2.05, 4.69) is 36.0 Å². The molecule has 0 saturated carbocycles. The summed E-state index contributed by atoms with van der Waals surface area (Å²) >= 11 is 0. The van der Waals surface area contributed by atoms with Crippen molar-refractivity contribution in [2.75, 3.05) is 13.7 Å². The summed E-state index contributed by atoms with van der Waals surface area (Å²) < 4.78 is 10.9. The van der Waals surface area contributed by atoms with Crippen LogP contribution in [0.15, 0.2) is 18.2 Å². The van der Waals surface area contributed by atoms with Crippen LogP contribution in [0.25, 0.3) is 0 Å². The van der Waals surface area contributed by atoms with Gasteiger partial charge in [0.2, 0.25) is 0 Å². The molecule has 6 nitrogen and oxygen atoms in total.